The molecule has 4 rings (SSSR count). The van der Waals surface area contributed by atoms with E-state index in [-0.39, 0.29) is 24.1 Å². The van der Waals surface area contributed by atoms with Crippen molar-refractivity contribution in [1.29, 1.82) is 0 Å². The first-order chi connectivity index (χ1) is 14.9. The summed E-state index contributed by atoms with van der Waals surface area (Å²) in [4.78, 5) is 32.1. The molecule has 0 spiro atoms. The third-order valence-electron chi connectivity index (χ3n) is 5.81. The maximum atomic E-state index is 13.2. The van der Waals surface area contributed by atoms with Crippen LogP contribution in [0.3, 0.4) is 0 Å². The molecule has 31 heavy (non-hydrogen) atoms. The number of nitrogens with zero attached hydrogens (tertiary/aromatic N) is 4. The van der Waals surface area contributed by atoms with Crippen molar-refractivity contribution in [1.82, 2.24) is 14.8 Å². The van der Waals surface area contributed by atoms with Crippen molar-refractivity contribution in [3.8, 4) is 0 Å². The Morgan fingerprint density at radius 2 is 1.87 bits per heavy atom. The van der Waals surface area contributed by atoms with Gasteiger partial charge < -0.3 is 9.64 Å². The van der Waals surface area contributed by atoms with Crippen molar-refractivity contribution >= 4 is 28.5 Å². The summed E-state index contributed by atoms with van der Waals surface area (Å²) in [7, 11) is 1.82. The third-order valence-corrected chi connectivity index (χ3v) is 5.81. The first-order valence-corrected chi connectivity index (χ1v) is 10.4. The van der Waals surface area contributed by atoms with E-state index in [1.165, 1.54) is 24.3 Å². The Labute approximate surface area is 179 Å². The van der Waals surface area contributed by atoms with Gasteiger partial charge in [-0.05, 0) is 51.0 Å². The number of pyridine rings is 1. The van der Waals surface area contributed by atoms with Crippen molar-refractivity contribution in [2.75, 3.05) is 24.6 Å². The minimum atomic E-state index is -0.417. The number of piperidine rings is 1. The van der Waals surface area contributed by atoms with E-state index in [4.69, 9.17) is 4.74 Å². The van der Waals surface area contributed by atoms with E-state index >= 15 is 0 Å². The number of fused-ring (bicyclic) bond motifs is 1. The summed E-state index contributed by atoms with van der Waals surface area (Å²) in [5, 5.41) is 5.30. The second kappa shape index (κ2) is 8.45. The highest BCUT2D eigenvalue weighted by Gasteiger charge is 2.30. The lowest BCUT2D eigenvalue weighted by molar-refractivity contribution is 0.0526. The molecule has 0 N–H and O–H groups in total. The van der Waals surface area contributed by atoms with E-state index in [1.54, 1.807) is 17.8 Å². The number of rotatable bonds is 5. The van der Waals surface area contributed by atoms with Crippen LogP contribution in [-0.2, 0) is 11.8 Å². The number of aryl methyl sites for hydroxylation is 2. The molecule has 0 bridgehead atoms. The second-order valence-electron chi connectivity index (χ2n) is 7.78. The summed E-state index contributed by atoms with van der Waals surface area (Å²) >= 11 is 0. The Morgan fingerprint density at radius 3 is 2.52 bits per heavy atom. The summed E-state index contributed by atoms with van der Waals surface area (Å²) in [6.07, 6.45) is 2.83. The number of Topliss-reactive ketones (excluding diaryl/α,β-unsaturated/α-hetero) is 1. The quantitative estimate of drug-likeness (QED) is 0.459. The Kier molecular flexibility index (Phi) is 5.71. The molecule has 0 atom stereocenters. The van der Waals surface area contributed by atoms with Gasteiger partial charge in [-0.25, -0.2) is 14.2 Å². The van der Waals surface area contributed by atoms with Crippen molar-refractivity contribution in [2.45, 2.75) is 26.7 Å². The second-order valence-corrected chi connectivity index (χ2v) is 7.78. The minimum absolute atomic E-state index is 0.0303. The number of esters is 1. The monoisotopic (exact) mass is 424 g/mol. The van der Waals surface area contributed by atoms with E-state index in [0.717, 1.165) is 16.8 Å². The van der Waals surface area contributed by atoms with Gasteiger partial charge in [0.2, 0.25) is 0 Å². The highest BCUT2D eigenvalue weighted by Crippen LogP contribution is 2.35. The number of carbonyl (C=O) groups excluding carboxylic acids is 2. The summed E-state index contributed by atoms with van der Waals surface area (Å²) in [6, 6.07) is 5.70. The molecule has 1 fully saturated rings. The predicted octanol–water partition coefficient (Wildman–Crippen LogP) is 3.69. The van der Waals surface area contributed by atoms with Crippen molar-refractivity contribution < 1.29 is 18.7 Å². The van der Waals surface area contributed by atoms with Crippen molar-refractivity contribution in [2.24, 2.45) is 13.0 Å². The average molecular weight is 424 g/mol. The van der Waals surface area contributed by atoms with Crippen LogP contribution in [0.2, 0.25) is 0 Å². The van der Waals surface area contributed by atoms with Crippen LogP contribution in [-0.4, -0.2) is 46.2 Å². The van der Waals surface area contributed by atoms with Gasteiger partial charge in [0.05, 0.1) is 23.4 Å². The average Bonchev–Trinajstić information content (AvgIpc) is 3.07. The lowest BCUT2D eigenvalue weighted by atomic mass is 9.88. The molecular weight excluding hydrogens is 399 g/mol. The fraction of sp³-hybridized carbons (Fsp3) is 0.391. The number of aromatic nitrogens is 3. The number of hydrogen-bond acceptors (Lipinski definition) is 6. The zero-order chi connectivity index (χ0) is 22.1. The molecule has 162 valence electrons. The topological polar surface area (TPSA) is 77.3 Å². The van der Waals surface area contributed by atoms with Gasteiger partial charge in [-0.2, -0.15) is 5.10 Å². The van der Waals surface area contributed by atoms with Gasteiger partial charge in [0, 0.05) is 37.8 Å². The third kappa shape index (κ3) is 3.89. The minimum Gasteiger partial charge on any atom is -0.462 e. The maximum absolute atomic E-state index is 13.2. The molecule has 0 aliphatic carbocycles. The van der Waals surface area contributed by atoms with Crippen LogP contribution in [0.15, 0.2) is 30.5 Å². The number of anilines is 1. The number of hydrogen-bond donors (Lipinski definition) is 0. The van der Waals surface area contributed by atoms with Crippen LogP contribution < -0.4 is 4.90 Å². The lowest BCUT2D eigenvalue weighted by Gasteiger charge is -2.34. The van der Waals surface area contributed by atoms with Crippen molar-refractivity contribution in [3.63, 3.8) is 0 Å². The maximum Gasteiger partial charge on any atom is 0.341 e. The Balaban J connectivity index is 1.63. The van der Waals surface area contributed by atoms with E-state index in [0.29, 0.717) is 42.7 Å². The first-order valence-electron chi connectivity index (χ1n) is 10.4. The molecule has 1 aromatic carbocycles. The zero-order valence-corrected chi connectivity index (χ0v) is 17.9. The lowest BCUT2D eigenvalue weighted by Crippen LogP contribution is -2.37. The first kappa shape index (κ1) is 21.0. The van der Waals surface area contributed by atoms with Crippen LogP contribution in [0.4, 0.5) is 10.1 Å². The summed E-state index contributed by atoms with van der Waals surface area (Å²) in [5.74, 6) is -0.881. The molecule has 3 aromatic rings. The van der Waals surface area contributed by atoms with Gasteiger partial charge >= 0.3 is 5.97 Å². The smallest absolute Gasteiger partial charge is 0.341 e. The summed E-state index contributed by atoms with van der Waals surface area (Å²) in [6.45, 7) is 5.16. The van der Waals surface area contributed by atoms with Crippen LogP contribution in [0, 0.1) is 18.7 Å². The predicted molar refractivity (Wildman–Crippen MR) is 115 cm³/mol. The van der Waals surface area contributed by atoms with Gasteiger partial charge in [-0.3, -0.25) is 9.48 Å². The standard InChI is InChI=1S/C23H25FN4O3/c1-4-31-23(30)18-13-25-22-19(14(2)26-27(22)3)20(18)28-11-9-16(10-12-28)21(29)15-5-7-17(24)8-6-15/h5-8,13,16H,4,9-12H2,1-3H3. The fourth-order valence-corrected chi connectivity index (χ4v) is 4.29. The SMILES string of the molecule is CCOC(=O)c1cnc2c(c(C)nn2C)c1N1CCC(C(=O)c2ccc(F)cc2)CC1. The van der Waals surface area contributed by atoms with E-state index in [1.807, 2.05) is 14.0 Å². The Bertz CT molecular complexity index is 1130. The van der Waals surface area contributed by atoms with Gasteiger partial charge in [-0.1, -0.05) is 0 Å². The number of halogens is 1. The molecule has 1 saturated heterocycles. The number of ether oxygens (including phenoxy) is 1. The fourth-order valence-electron chi connectivity index (χ4n) is 4.29. The van der Waals surface area contributed by atoms with Gasteiger partial charge in [0.1, 0.15) is 11.4 Å². The summed E-state index contributed by atoms with van der Waals surface area (Å²) in [5.41, 5.74) is 3.19. The van der Waals surface area contributed by atoms with Gasteiger partial charge in [-0.15, -0.1) is 0 Å². The number of ketones is 1. The highest BCUT2D eigenvalue weighted by molar-refractivity contribution is 6.05. The molecule has 8 heteroatoms. The van der Waals surface area contributed by atoms with Gasteiger partial charge in [0.25, 0.3) is 0 Å². The van der Waals surface area contributed by atoms with E-state index in [9.17, 15) is 14.0 Å². The molecule has 3 heterocycles. The molecule has 0 unspecified atom stereocenters. The van der Waals surface area contributed by atoms with Crippen molar-refractivity contribution in [3.05, 3.63) is 53.1 Å². The largest absolute Gasteiger partial charge is 0.462 e. The molecule has 0 saturated carbocycles. The molecular formula is C23H25FN4O3. The molecule has 2 aromatic heterocycles. The van der Waals surface area contributed by atoms with Crippen LogP contribution in [0.1, 0.15) is 46.2 Å². The van der Waals surface area contributed by atoms with Crippen LogP contribution in [0.25, 0.3) is 11.0 Å². The molecule has 0 radical (unpaired) electrons. The van der Waals surface area contributed by atoms with E-state index in [2.05, 4.69) is 15.0 Å². The van der Waals surface area contributed by atoms with Crippen LogP contribution >= 0.6 is 0 Å². The summed E-state index contributed by atoms with van der Waals surface area (Å²) < 4.78 is 20.2. The van der Waals surface area contributed by atoms with Crippen LogP contribution in [0.5, 0.6) is 0 Å². The highest BCUT2D eigenvalue weighted by atomic mass is 19.1. The molecule has 7 nitrogen and oxygen atoms in total. The zero-order valence-electron chi connectivity index (χ0n) is 17.9. The normalized spacial score (nSPS) is 14.8. The van der Waals surface area contributed by atoms with Gasteiger partial charge in [0.15, 0.2) is 11.4 Å². The Morgan fingerprint density at radius 1 is 1.19 bits per heavy atom. The number of carbonyl (C=O) groups is 2. The molecule has 1 aliphatic rings. The molecule has 0 amide bonds. The molecule has 1 aliphatic heterocycles. The van der Waals surface area contributed by atoms with E-state index < -0.39 is 5.97 Å². The Hall–Kier alpha value is -3.29. The number of benzene rings is 1.